The number of hydrogen-bond acceptors (Lipinski definition) is 1. The third kappa shape index (κ3) is 1.30. The van der Waals surface area contributed by atoms with Crippen LogP contribution >= 0.6 is 0 Å². The minimum absolute atomic E-state index is 0.948. The van der Waals surface area contributed by atoms with E-state index in [1.54, 1.807) is 0 Å². The summed E-state index contributed by atoms with van der Waals surface area (Å²) < 4.78 is 0. The first-order chi connectivity index (χ1) is 5.86. The van der Waals surface area contributed by atoms with Crippen LogP contribution in [0.5, 0.6) is 0 Å². The summed E-state index contributed by atoms with van der Waals surface area (Å²) in [5, 5.41) is 0. The number of hydrogen-bond donors (Lipinski definition) is 0. The highest BCUT2D eigenvalue weighted by molar-refractivity contribution is 5.55. The van der Waals surface area contributed by atoms with Crippen LogP contribution in [0, 0.1) is 6.92 Å². The first kappa shape index (κ1) is 7.29. The quantitative estimate of drug-likeness (QED) is 0.564. The molecule has 0 fully saturated rings. The van der Waals surface area contributed by atoms with Gasteiger partial charge in [-0.15, -0.1) is 0 Å². The highest BCUT2D eigenvalue weighted by Gasteiger charge is 2.00. The summed E-state index contributed by atoms with van der Waals surface area (Å²) in [7, 11) is 0. The number of aryl methyl sites for hydroxylation is 1. The van der Waals surface area contributed by atoms with E-state index in [9.17, 15) is 0 Å². The molecule has 0 spiro atoms. The molecule has 0 radical (unpaired) electrons. The van der Waals surface area contributed by atoms with Gasteiger partial charge in [-0.1, -0.05) is 30.4 Å². The topological polar surface area (TPSA) is 12.9 Å². The van der Waals surface area contributed by atoms with Crippen molar-refractivity contribution < 1.29 is 0 Å². The predicted molar refractivity (Wildman–Crippen MR) is 50.9 cm³/mol. The second-order valence-electron chi connectivity index (χ2n) is 2.98. The van der Waals surface area contributed by atoms with Gasteiger partial charge in [0.1, 0.15) is 0 Å². The Balaban J connectivity index is 2.53. The number of rotatable bonds is 0. The Morgan fingerprint density at radius 3 is 3.08 bits per heavy atom. The van der Waals surface area contributed by atoms with Crippen LogP contribution < -0.4 is 0 Å². The van der Waals surface area contributed by atoms with E-state index in [1.807, 2.05) is 6.92 Å². The van der Waals surface area contributed by atoms with Crippen molar-refractivity contribution in [2.45, 2.75) is 13.3 Å². The average Bonchev–Trinajstić information content (AvgIpc) is 2.28. The summed E-state index contributed by atoms with van der Waals surface area (Å²) in [5.74, 6) is 0. The van der Waals surface area contributed by atoms with Gasteiger partial charge in [-0.3, -0.25) is 4.98 Å². The molecule has 1 heterocycles. The van der Waals surface area contributed by atoms with Crippen molar-refractivity contribution in [1.29, 1.82) is 0 Å². The fraction of sp³-hybridized carbons (Fsp3) is 0.182. The summed E-state index contributed by atoms with van der Waals surface area (Å²) >= 11 is 0. The number of allylic oxidation sites excluding steroid dienone is 3. The molecule has 2 rings (SSSR count). The molecule has 0 saturated carbocycles. The van der Waals surface area contributed by atoms with Gasteiger partial charge in [-0.2, -0.15) is 0 Å². The molecule has 0 aliphatic heterocycles. The summed E-state index contributed by atoms with van der Waals surface area (Å²) in [6.45, 7) is 2.03. The molecule has 1 aliphatic rings. The summed E-state index contributed by atoms with van der Waals surface area (Å²) in [6.07, 6.45) is 9.31. The van der Waals surface area contributed by atoms with Crippen LogP contribution in [-0.4, -0.2) is 4.98 Å². The van der Waals surface area contributed by atoms with Crippen LogP contribution in [0.2, 0.25) is 0 Å². The van der Waals surface area contributed by atoms with Gasteiger partial charge in [0, 0.05) is 12.1 Å². The molecule has 1 aromatic rings. The maximum Gasteiger partial charge on any atom is 0.0516 e. The van der Waals surface area contributed by atoms with Gasteiger partial charge >= 0.3 is 0 Å². The zero-order valence-electron chi connectivity index (χ0n) is 7.12. The standard InChI is InChI=1S/C11H11N/c1-9-7-8-10-5-3-2-4-6-11(10)12-9/h2-5,7-8H,6H2,1H3. The molecule has 0 atom stereocenters. The molecule has 0 aromatic carbocycles. The van der Waals surface area contributed by atoms with Crippen molar-refractivity contribution >= 4 is 6.08 Å². The smallest absolute Gasteiger partial charge is 0.0516 e. The number of pyridine rings is 1. The monoisotopic (exact) mass is 157 g/mol. The second-order valence-corrected chi connectivity index (χ2v) is 2.98. The van der Waals surface area contributed by atoms with E-state index in [0.717, 1.165) is 12.1 Å². The maximum absolute atomic E-state index is 4.47. The van der Waals surface area contributed by atoms with Crippen molar-refractivity contribution in [2.24, 2.45) is 0 Å². The molecular weight excluding hydrogens is 146 g/mol. The Morgan fingerprint density at radius 1 is 1.25 bits per heavy atom. The minimum atomic E-state index is 0.948. The van der Waals surface area contributed by atoms with E-state index in [-0.39, 0.29) is 0 Å². The van der Waals surface area contributed by atoms with Gasteiger partial charge in [0.05, 0.1) is 5.69 Å². The molecule has 12 heavy (non-hydrogen) atoms. The van der Waals surface area contributed by atoms with E-state index in [0.29, 0.717) is 0 Å². The molecule has 60 valence electrons. The molecule has 0 N–H and O–H groups in total. The lowest BCUT2D eigenvalue weighted by Crippen LogP contribution is -1.93. The fourth-order valence-corrected chi connectivity index (χ4v) is 1.35. The van der Waals surface area contributed by atoms with E-state index in [1.165, 1.54) is 11.3 Å². The molecule has 0 amide bonds. The van der Waals surface area contributed by atoms with Gasteiger partial charge in [-0.25, -0.2) is 0 Å². The van der Waals surface area contributed by atoms with Crippen molar-refractivity contribution in [3.8, 4) is 0 Å². The number of fused-ring (bicyclic) bond motifs is 1. The number of aromatic nitrogens is 1. The fourth-order valence-electron chi connectivity index (χ4n) is 1.35. The van der Waals surface area contributed by atoms with Gasteiger partial charge in [0.25, 0.3) is 0 Å². The lowest BCUT2D eigenvalue weighted by Gasteiger charge is -2.01. The van der Waals surface area contributed by atoms with Crippen molar-refractivity contribution in [3.63, 3.8) is 0 Å². The van der Waals surface area contributed by atoms with Gasteiger partial charge in [-0.05, 0) is 18.6 Å². The Morgan fingerprint density at radius 2 is 2.17 bits per heavy atom. The zero-order chi connectivity index (χ0) is 8.39. The normalized spacial score (nSPS) is 14.1. The van der Waals surface area contributed by atoms with Crippen molar-refractivity contribution in [1.82, 2.24) is 4.98 Å². The minimum Gasteiger partial charge on any atom is -0.257 e. The van der Waals surface area contributed by atoms with Crippen LogP contribution in [0.25, 0.3) is 6.08 Å². The average molecular weight is 157 g/mol. The van der Waals surface area contributed by atoms with E-state index >= 15 is 0 Å². The molecule has 1 aromatic heterocycles. The first-order valence-electron chi connectivity index (χ1n) is 4.16. The van der Waals surface area contributed by atoms with Gasteiger partial charge < -0.3 is 0 Å². The molecule has 0 unspecified atom stereocenters. The maximum atomic E-state index is 4.47. The van der Waals surface area contributed by atoms with Crippen LogP contribution in [0.4, 0.5) is 0 Å². The Labute approximate surface area is 72.5 Å². The van der Waals surface area contributed by atoms with Crippen molar-refractivity contribution in [2.75, 3.05) is 0 Å². The molecule has 1 nitrogen and oxygen atoms in total. The highest BCUT2D eigenvalue weighted by Crippen LogP contribution is 2.13. The largest absolute Gasteiger partial charge is 0.257 e. The summed E-state index contributed by atoms with van der Waals surface area (Å²) in [5.41, 5.74) is 3.52. The van der Waals surface area contributed by atoms with Gasteiger partial charge in [0.2, 0.25) is 0 Å². The third-order valence-electron chi connectivity index (χ3n) is 1.98. The van der Waals surface area contributed by atoms with Crippen LogP contribution in [-0.2, 0) is 6.42 Å². The molecule has 0 saturated heterocycles. The second kappa shape index (κ2) is 2.94. The van der Waals surface area contributed by atoms with Gasteiger partial charge in [0.15, 0.2) is 0 Å². The van der Waals surface area contributed by atoms with Crippen LogP contribution in [0.3, 0.4) is 0 Å². The molecule has 0 bridgehead atoms. The lowest BCUT2D eigenvalue weighted by atomic mass is 10.1. The Bertz CT molecular complexity index is 348. The van der Waals surface area contributed by atoms with E-state index in [4.69, 9.17) is 0 Å². The summed E-state index contributed by atoms with van der Waals surface area (Å²) in [6, 6.07) is 4.18. The number of nitrogens with zero attached hydrogens (tertiary/aromatic N) is 1. The third-order valence-corrected chi connectivity index (χ3v) is 1.98. The molecule has 1 heteroatoms. The molecular formula is C11H11N. The highest BCUT2D eigenvalue weighted by atomic mass is 14.7. The van der Waals surface area contributed by atoms with E-state index < -0.39 is 0 Å². The van der Waals surface area contributed by atoms with E-state index in [2.05, 4.69) is 41.4 Å². The zero-order valence-corrected chi connectivity index (χ0v) is 7.12. The Kier molecular flexibility index (Phi) is 1.78. The predicted octanol–water partition coefficient (Wildman–Crippen LogP) is 2.52. The van der Waals surface area contributed by atoms with Crippen molar-refractivity contribution in [3.05, 3.63) is 47.3 Å². The summed E-state index contributed by atoms with van der Waals surface area (Å²) in [4.78, 5) is 4.47. The first-order valence-corrected chi connectivity index (χ1v) is 4.16. The van der Waals surface area contributed by atoms with Crippen LogP contribution in [0.1, 0.15) is 17.0 Å². The molecule has 1 aliphatic carbocycles. The van der Waals surface area contributed by atoms with Crippen LogP contribution in [0.15, 0.2) is 30.4 Å². The lowest BCUT2D eigenvalue weighted by molar-refractivity contribution is 1.06. The Hall–Kier alpha value is -1.37. The SMILES string of the molecule is Cc1ccc2c(n1)CC=CC=C2.